The van der Waals surface area contributed by atoms with Gasteiger partial charge in [0.25, 0.3) is 0 Å². The van der Waals surface area contributed by atoms with Crippen molar-refractivity contribution >= 4 is 43.8 Å². The molecule has 7 N–H and O–H groups in total. The van der Waals surface area contributed by atoms with Crippen LogP contribution in [0.4, 0.5) is 5.82 Å². The van der Waals surface area contributed by atoms with E-state index in [0.29, 0.717) is 0 Å². The van der Waals surface area contributed by atoms with Gasteiger partial charge in [-0.05, 0) is 11.6 Å². The number of aliphatic hydroxyl groups excluding tert-OH is 2. The van der Waals surface area contributed by atoms with E-state index in [9.17, 15) is 24.2 Å². The summed E-state index contributed by atoms with van der Waals surface area (Å²) in [6, 6.07) is 0. The van der Waals surface area contributed by atoms with Crippen LogP contribution in [0, 0.1) is 0 Å². The molecule has 0 aromatic carbocycles. The third-order valence-corrected chi connectivity index (χ3v) is 7.33. The second-order valence-corrected chi connectivity index (χ2v) is 10.2. The molecule has 0 aliphatic carbocycles. The molecule has 15 nitrogen and oxygen atoms in total. The number of anilines is 1. The molecule has 2 aromatic heterocycles. The van der Waals surface area contributed by atoms with Crippen molar-refractivity contribution in [1.29, 1.82) is 0 Å². The minimum atomic E-state index is -4.82. The fourth-order valence-electron chi connectivity index (χ4n) is 2.53. The summed E-state index contributed by atoms with van der Waals surface area (Å²) >= 11 is 5.74. The Kier molecular flexibility index (Phi) is 5.78. The number of hydrogen-bond acceptors (Lipinski definition) is 11. The summed E-state index contributed by atoms with van der Waals surface area (Å²) in [4.78, 5) is 34.6. The second kappa shape index (κ2) is 7.54. The van der Waals surface area contributed by atoms with Gasteiger partial charge in [0.15, 0.2) is 29.1 Å². The van der Waals surface area contributed by atoms with Crippen molar-refractivity contribution in [1.82, 2.24) is 25.0 Å². The van der Waals surface area contributed by atoms with E-state index in [1.54, 1.807) is 0 Å². The molecule has 0 amide bonds. The number of nitrogen functional groups attached to an aromatic ring is 1. The van der Waals surface area contributed by atoms with Gasteiger partial charge in [0, 0.05) is 0 Å². The van der Waals surface area contributed by atoms with Gasteiger partial charge in [0.1, 0.15) is 18.3 Å². The standard InChI is InChI=1S/C10H15ClN6O9P2/c11-10-13-7(12)4-8(14-10)17(16-15-4)9-6(19)5(18)3(26-9)1-25-28(23,24)2-27(20,21)22/h3,5-6,9,18-19H,1-2H2,(H,23,24)(H2,12,13,14)(H2,20,21,22)/t3-,5-,6-,9-/m1/s1. The number of nitrogens with zero attached hydrogens (tertiary/aromatic N) is 5. The molecular weight excluding hydrogens is 446 g/mol. The largest absolute Gasteiger partial charge is 0.387 e. The van der Waals surface area contributed by atoms with Crippen LogP contribution in [0.2, 0.25) is 5.28 Å². The number of rotatable bonds is 6. The number of fused-ring (bicyclic) bond motifs is 1. The Bertz CT molecular complexity index is 984. The molecule has 1 saturated heterocycles. The van der Waals surface area contributed by atoms with Gasteiger partial charge in [0.05, 0.1) is 6.61 Å². The predicted molar refractivity (Wildman–Crippen MR) is 91.2 cm³/mol. The summed E-state index contributed by atoms with van der Waals surface area (Å²) in [5.41, 5.74) is 5.73. The average molecular weight is 461 g/mol. The van der Waals surface area contributed by atoms with Crippen LogP contribution in [0.15, 0.2) is 0 Å². The molecule has 3 heterocycles. The first-order valence-corrected chi connectivity index (χ1v) is 11.4. The zero-order valence-electron chi connectivity index (χ0n) is 13.7. The molecule has 0 radical (unpaired) electrons. The minimum Gasteiger partial charge on any atom is -0.387 e. The molecule has 28 heavy (non-hydrogen) atoms. The first-order chi connectivity index (χ1) is 12.9. The van der Waals surface area contributed by atoms with Crippen molar-refractivity contribution in [3.8, 4) is 0 Å². The van der Waals surface area contributed by atoms with E-state index in [1.165, 1.54) is 0 Å². The lowest BCUT2D eigenvalue weighted by Crippen LogP contribution is -2.33. The van der Waals surface area contributed by atoms with Gasteiger partial charge in [-0.1, -0.05) is 5.21 Å². The normalized spacial score (nSPS) is 27.9. The van der Waals surface area contributed by atoms with Gasteiger partial charge < -0.3 is 39.9 Å². The average Bonchev–Trinajstić information content (AvgIpc) is 3.06. The number of hydrogen-bond donors (Lipinski definition) is 6. The quantitative estimate of drug-likeness (QED) is 0.210. The van der Waals surface area contributed by atoms with E-state index < -0.39 is 52.2 Å². The number of halogens is 1. The first-order valence-electron chi connectivity index (χ1n) is 7.44. The molecule has 5 atom stereocenters. The molecule has 0 bridgehead atoms. The molecule has 1 aliphatic heterocycles. The highest BCUT2D eigenvalue weighted by molar-refractivity contribution is 7.70. The van der Waals surface area contributed by atoms with Crippen molar-refractivity contribution in [2.45, 2.75) is 24.5 Å². The Morgan fingerprint density at radius 2 is 1.89 bits per heavy atom. The molecule has 1 aliphatic rings. The molecule has 156 valence electrons. The maximum Gasteiger partial charge on any atom is 0.340 e. The van der Waals surface area contributed by atoms with Crippen molar-refractivity contribution in [2.75, 3.05) is 18.2 Å². The highest BCUT2D eigenvalue weighted by atomic mass is 35.5. The summed E-state index contributed by atoms with van der Waals surface area (Å²) in [5.74, 6) is -1.48. The third kappa shape index (κ3) is 4.49. The summed E-state index contributed by atoms with van der Waals surface area (Å²) in [6.45, 7) is -0.743. The fourth-order valence-corrected chi connectivity index (χ4v) is 5.27. The van der Waals surface area contributed by atoms with Crippen LogP contribution in [0.5, 0.6) is 0 Å². The van der Waals surface area contributed by atoms with Gasteiger partial charge in [-0.3, -0.25) is 9.13 Å². The highest BCUT2D eigenvalue weighted by Crippen LogP contribution is 2.55. The van der Waals surface area contributed by atoms with Crippen molar-refractivity contribution < 1.29 is 43.3 Å². The molecule has 0 spiro atoms. The summed E-state index contributed by atoms with van der Waals surface area (Å²) < 4.78 is 33.6. The van der Waals surface area contributed by atoms with E-state index >= 15 is 0 Å². The zero-order chi connectivity index (χ0) is 20.9. The molecular formula is C10H15ClN6O9P2. The van der Waals surface area contributed by atoms with Crippen LogP contribution in [0.25, 0.3) is 11.2 Å². The van der Waals surface area contributed by atoms with Crippen molar-refractivity contribution in [2.24, 2.45) is 0 Å². The molecule has 2 aromatic rings. The highest BCUT2D eigenvalue weighted by Gasteiger charge is 2.46. The van der Waals surface area contributed by atoms with Gasteiger partial charge in [0.2, 0.25) is 5.28 Å². The van der Waals surface area contributed by atoms with E-state index in [1.807, 2.05) is 0 Å². The smallest absolute Gasteiger partial charge is 0.340 e. The summed E-state index contributed by atoms with van der Waals surface area (Å²) in [5, 5.41) is 27.6. The van der Waals surface area contributed by atoms with Crippen LogP contribution in [-0.2, 0) is 18.4 Å². The monoisotopic (exact) mass is 460 g/mol. The number of aromatic nitrogens is 5. The topological polar surface area (TPSA) is 236 Å². The first kappa shape index (κ1) is 21.5. The van der Waals surface area contributed by atoms with E-state index in [-0.39, 0.29) is 22.3 Å². The van der Waals surface area contributed by atoms with Crippen LogP contribution in [0.1, 0.15) is 6.23 Å². The van der Waals surface area contributed by atoms with Crippen LogP contribution >= 0.6 is 26.8 Å². The van der Waals surface area contributed by atoms with E-state index in [2.05, 4.69) is 24.8 Å². The molecule has 0 saturated carbocycles. The lowest BCUT2D eigenvalue weighted by molar-refractivity contribution is -0.0549. The Balaban J connectivity index is 1.78. The Morgan fingerprint density at radius 1 is 1.21 bits per heavy atom. The molecule has 18 heteroatoms. The maximum atomic E-state index is 11.7. The van der Waals surface area contributed by atoms with E-state index in [4.69, 9.17) is 31.9 Å². The van der Waals surface area contributed by atoms with Crippen LogP contribution in [0.3, 0.4) is 0 Å². The fraction of sp³-hybridized carbons (Fsp3) is 0.600. The molecule has 3 rings (SSSR count). The Labute approximate surface area is 160 Å². The third-order valence-electron chi connectivity index (χ3n) is 3.71. The molecule has 1 fully saturated rings. The van der Waals surface area contributed by atoms with Crippen molar-refractivity contribution in [3.63, 3.8) is 0 Å². The van der Waals surface area contributed by atoms with Crippen LogP contribution < -0.4 is 5.73 Å². The second-order valence-electron chi connectivity index (χ2n) is 5.87. The number of aliphatic hydroxyl groups is 2. The lowest BCUT2D eigenvalue weighted by Gasteiger charge is -2.18. The number of nitrogens with two attached hydrogens (primary N) is 1. The Hall–Kier alpha value is -1.25. The number of ether oxygens (including phenoxy) is 1. The van der Waals surface area contributed by atoms with Crippen LogP contribution in [-0.4, -0.2) is 80.7 Å². The maximum absolute atomic E-state index is 11.7. The summed E-state index contributed by atoms with van der Waals surface area (Å²) in [6.07, 6.45) is -5.83. The SMILES string of the molecule is Nc1nc(Cl)nc2c1nnn2[C@@H]1O[C@H](COP(=O)(O)CP(=O)(O)O)[C@@H](O)[C@H]1O. The van der Waals surface area contributed by atoms with E-state index in [0.717, 1.165) is 4.68 Å². The minimum absolute atomic E-state index is 0.00430. The lowest BCUT2D eigenvalue weighted by atomic mass is 10.1. The van der Waals surface area contributed by atoms with Gasteiger partial charge in [-0.2, -0.15) is 14.6 Å². The molecule has 1 unspecified atom stereocenters. The van der Waals surface area contributed by atoms with Gasteiger partial charge >= 0.3 is 15.2 Å². The zero-order valence-corrected chi connectivity index (χ0v) is 16.2. The predicted octanol–water partition coefficient (Wildman–Crippen LogP) is -1.59. The van der Waals surface area contributed by atoms with Crippen molar-refractivity contribution in [3.05, 3.63) is 5.28 Å². The summed E-state index contributed by atoms with van der Waals surface area (Å²) in [7, 11) is -9.49. The van der Waals surface area contributed by atoms with Gasteiger partial charge in [-0.25, -0.2) is 0 Å². The Morgan fingerprint density at radius 3 is 2.54 bits per heavy atom. The van der Waals surface area contributed by atoms with Gasteiger partial charge in [-0.15, -0.1) is 5.10 Å².